The topological polar surface area (TPSA) is 75.6 Å². The van der Waals surface area contributed by atoms with E-state index in [9.17, 15) is 9.59 Å². The predicted octanol–water partition coefficient (Wildman–Crippen LogP) is 0.391. The number of nitrogens with one attached hydrogen (secondary N) is 1. The average Bonchev–Trinajstić information content (AvgIpc) is 2.25. The lowest BCUT2D eigenvalue weighted by atomic mass is 9.88. The zero-order chi connectivity index (χ0) is 11.3. The van der Waals surface area contributed by atoms with Crippen LogP contribution in [-0.4, -0.2) is 36.2 Å². The van der Waals surface area contributed by atoms with Gasteiger partial charge in [0.2, 0.25) is 6.41 Å². The van der Waals surface area contributed by atoms with Gasteiger partial charge in [0.1, 0.15) is 6.04 Å². The van der Waals surface area contributed by atoms with Crippen LogP contribution in [0.4, 0.5) is 0 Å². The molecule has 0 aromatic heterocycles. The molecule has 3 atom stereocenters. The van der Waals surface area contributed by atoms with Crippen molar-refractivity contribution in [3.63, 3.8) is 0 Å². The van der Waals surface area contributed by atoms with Gasteiger partial charge in [0.05, 0.1) is 6.10 Å². The van der Waals surface area contributed by atoms with Crippen molar-refractivity contribution in [1.82, 2.24) is 5.32 Å². The number of hydrogen-bond donors (Lipinski definition) is 2. The van der Waals surface area contributed by atoms with Gasteiger partial charge in [-0.05, 0) is 25.2 Å². The van der Waals surface area contributed by atoms with Crippen LogP contribution in [0.5, 0.6) is 0 Å². The van der Waals surface area contributed by atoms with E-state index in [0.717, 1.165) is 6.42 Å². The summed E-state index contributed by atoms with van der Waals surface area (Å²) in [6.07, 6.45) is 2.85. The van der Waals surface area contributed by atoms with Gasteiger partial charge in [-0.25, -0.2) is 4.79 Å². The van der Waals surface area contributed by atoms with Crippen LogP contribution in [0.25, 0.3) is 0 Å². The second-order valence-corrected chi connectivity index (χ2v) is 3.79. The first-order valence-electron chi connectivity index (χ1n) is 5.23. The van der Waals surface area contributed by atoms with Gasteiger partial charge in [0.15, 0.2) is 0 Å². The van der Waals surface area contributed by atoms with Crippen molar-refractivity contribution in [1.29, 1.82) is 0 Å². The van der Waals surface area contributed by atoms with E-state index in [1.165, 1.54) is 0 Å². The smallest absolute Gasteiger partial charge is 0.326 e. The van der Waals surface area contributed by atoms with Crippen LogP contribution in [0.2, 0.25) is 0 Å². The third-order valence-electron chi connectivity index (χ3n) is 2.85. The fraction of sp³-hybridized carbons (Fsp3) is 0.800. The Balaban J connectivity index is 2.58. The van der Waals surface area contributed by atoms with E-state index >= 15 is 0 Å². The van der Waals surface area contributed by atoms with Gasteiger partial charge in [-0.15, -0.1) is 0 Å². The molecule has 1 heterocycles. The van der Waals surface area contributed by atoms with E-state index in [2.05, 4.69) is 5.32 Å². The zero-order valence-corrected chi connectivity index (χ0v) is 8.81. The van der Waals surface area contributed by atoms with Crippen molar-refractivity contribution in [3.8, 4) is 0 Å². The molecule has 0 aromatic rings. The van der Waals surface area contributed by atoms with Gasteiger partial charge in [-0.3, -0.25) is 4.79 Å². The van der Waals surface area contributed by atoms with Gasteiger partial charge in [0, 0.05) is 6.61 Å². The van der Waals surface area contributed by atoms with Crippen molar-refractivity contribution >= 4 is 12.4 Å². The second-order valence-electron chi connectivity index (χ2n) is 3.79. The van der Waals surface area contributed by atoms with Crippen LogP contribution in [0, 0.1) is 5.92 Å². The monoisotopic (exact) mass is 215 g/mol. The Bertz CT molecular complexity index is 231. The van der Waals surface area contributed by atoms with Crippen molar-refractivity contribution < 1.29 is 19.4 Å². The molecule has 0 bridgehead atoms. The highest BCUT2D eigenvalue weighted by Gasteiger charge is 2.32. The summed E-state index contributed by atoms with van der Waals surface area (Å²) in [5.41, 5.74) is 0. The Morgan fingerprint density at radius 1 is 1.73 bits per heavy atom. The molecule has 1 amide bonds. The van der Waals surface area contributed by atoms with Crippen LogP contribution in [-0.2, 0) is 14.3 Å². The lowest BCUT2D eigenvalue weighted by molar-refractivity contribution is -0.144. The fourth-order valence-electron chi connectivity index (χ4n) is 1.98. The molecule has 0 spiro atoms. The van der Waals surface area contributed by atoms with Gasteiger partial charge in [0.25, 0.3) is 0 Å². The van der Waals surface area contributed by atoms with Gasteiger partial charge >= 0.3 is 5.97 Å². The molecular formula is C10H17NO4. The number of rotatable bonds is 5. The lowest BCUT2D eigenvalue weighted by Gasteiger charge is -2.32. The van der Waals surface area contributed by atoms with Crippen LogP contribution in [0.1, 0.15) is 26.2 Å². The molecule has 15 heavy (non-hydrogen) atoms. The molecule has 1 aliphatic heterocycles. The molecule has 0 saturated carbocycles. The molecule has 1 saturated heterocycles. The molecule has 5 heteroatoms. The summed E-state index contributed by atoms with van der Waals surface area (Å²) in [7, 11) is 0. The maximum absolute atomic E-state index is 10.9. The highest BCUT2D eigenvalue weighted by Crippen LogP contribution is 2.24. The molecule has 0 aromatic carbocycles. The van der Waals surface area contributed by atoms with Crippen molar-refractivity contribution in [2.45, 2.75) is 38.3 Å². The summed E-state index contributed by atoms with van der Waals surface area (Å²) in [6.45, 7) is 2.59. The molecular weight excluding hydrogens is 198 g/mol. The largest absolute Gasteiger partial charge is 0.480 e. The van der Waals surface area contributed by atoms with E-state index < -0.39 is 12.0 Å². The minimum Gasteiger partial charge on any atom is -0.480 e. The maximum Gasteiger partial charge on any atom is 0.326 e. The highest BCUT2D eigenvalue weighted by atomic mass is 16.5. The van der Waals surface area contributed by atoms with Crippen LogP contribution < -0.4 is 5.32 Å². The zero-order valence-electron chi connectivity index (χ0n) is 8.81. The van der Waals surface area contributed by atoms with Gasteiger partial charge in [-0.2, -0.15) is 0 Å². The molecule has 86 valence electrons. The normalized spacial score (nSPS) is 28.1. The van der Waals surface area contributed by atoms with Crippen molar-refractivity contribution in [2.24, 2.45) is 5.92 Å². The summed E-state index contributed by atoms with van der Waals surface area (Å²) in [5.74, 6) is -0.991. The summed E-state index contributed by atoms with van der Waals surface area (Å²) < 4.78 is 5.46. The predicted molar refractivity (Wildman–Crippen MR) is 53.4 cm³/mol. The molecule has 2 N–H and O–H groups in total. The number of carbonyl (C=O) groups is 2. The maximum atomic E-state index is 10.9. The number of hydrogen-bond acceptors (Lipinski definition) is 3. The molecule has 1 unspecified atom stereocenters. The summed E-state index contributed by atoms with van der Waals surface area (Å²) in [6, 6.07) is -0.777. The first-order valence-corrected chi connectivity index (χ1v) is 5.23. The summed E-state index contributed by atoms with van der Waals surface area (Å²) in [4.78, 5) is 21.2. The molecule has 5 nitrogen and oxygen atoms in total. The SMILES string of the molecule is CC[C@@H]1C[C@@H](C(NC=O)C(=O)O)CCO1. The van der Waals surface area contributed by atoms with Crippen molar-refractivity contribution in [3.05, 3.63) is 0 Å². The third-order valence-corrected chi connectivity index (χ3v) is 2.85. The highest BCUT2D eigenvalue weighted by molar-refractivity contribution is 5.76. The first-order chi connectivity index (χ1) is 7.19. The molecule has 0 radical (unpaired) electrons. The minimum atomic E-state index is -0.969. The number of aliphatic carboxylic acids is 1. The first kappa shape index (κ1) is 12.0. The average molecular weight is 215 g/mol. The molecule has 1 aliphatic rings. The van der Waals surface area contributed by atoms with E-state index in [1.807, 2.05) is 6.92 Å². The molecule has 1 rings (SSSR count). The number of carboxylic acids is 1. The van der Waals surface area contributed by atoms with Crippen LogP contribution >= 0.6 is 0 Å². The Morgan fingerprint density at radius 2 is 2.47 bits per heavy atom. The van der Waals surface area contributed by atoms with E-state index in [0.29, 0.717) is 25.9 Å². The summed E-state index contributed by atoms with van der Waals surface area (Å²) in [5, 5.41) is 11.3. The second kappa shape index (κ2) is 5.70. The Morgan fingerprint density at radius 3 is 3.00 bits per heavy atom. The number of carbonyl (C=O) groups excluding carboxylic acids is 1. The van der Waals surface area contributed by atoms with Crippen LogP contribution in [0.3, 0.4) is 0 Å². The standard InChI is InChI=1S/C10H17NO4/c1-2-8-5-7(3-4-15-8)9(10(13)14)11-6-12/h6-9H,2-5H2,1H3,(H,11,12)(H,13,14)/t7-,8+,9?/m0/s1. The molecule has 1 fully saturated rings. The van der Waals surface area contributed by atoms with Gasteiger partial charge < -0.3 is 15.2 Å². The van der Waals surface area contributed by atoms with E-state index in [-0.39, 0.29) is 12.0 Å². The quantitative estimate of drug-likeness (QED) is 0.650. The Labute approximate surface area is 88.8 Å². The Kier molecular flexibility index (Phi) is 4.55. The summed E-state index contributed by atoms with van der Waals surface area (Å²) >= 11 is 0. The Hall–Kier alpha value is -1.10. The number of amides is 1. The van der Waals surface area contributed by atoms with E-state index in [4.69, 9.17) is 9.84 Å². The third kappa shape index (κ3) is 3.20. The lowest BCUT2D eigenvalue weighted by Crippen LogP contribution is -2.45. The van der Waals surface area contributed by atoms with Crippen molar-refractivity contribution in [2.75, 3.05) is 6.61 Å². The van der Waals surface area contributed by atoms with Crippen LogP contribution in [0.15, 0.2) is 0 Å². The van der Waals surface area contributed by atoms with Gasteiger partial charge in [-0.1, -0.05) is 6.92 Å². The number of ether oxygens (including phenoxy) is 1. The van der Waals surface area contributed by atoms with E-state index in [1.54, 1.807) is 0 Å². The fourth-order valence-corrected chi connectivity index (χ4v) is 1.98. The molecule has 0 aliphatic carbocycles. The minimum absolute atomic E-state index is 0.0219. The number of carboxylic acid groups (broad SMARTS) is 1.